The molecule has 1 amide bonds. The van der Waals surface area contributed by atoms with E-state index in [1.54, 1.807) is 0 Å². The minimum absolute atomic E-state index is 0.00223. The van der Waals surface area contributed by atoms with Crippen LogP contribution in [0.1, 0.15) is 46.4 Å². The van der Waals surface area contributed by atoms with Crippen molar-refractivity contribution in [3.63, 3.8) is 0 Å². The molecule has 3 aromatic carbocycles. The van der Waals surface area contributed by atoms with Crippen LogP contribution in [-0.4, -0.2) is 63.5 Å². The molecule has 1 saturated heterocycles. The number of sulfone groups is 1. The van der Waals surface area contributed by atoms with E-state index < -0.39 is 65.2 Å². The molecule has 1 aliphatic heterocycles. The van der Waals surface area contributed by atoms with Gasteiger partial charge in [0.15, 0.2) is 9.84 Å². The summed E-state index contributed by atoms with van der Waals surface area (Å²) in [4.78, 5) is 14.7. The maximum Gasteiger partial charge on any atom is 0.522 e. The summed E-state index contributed by atoms with van der Waals surface area (Å²) < 4.78 is 112. The molecule has 4 rings (SSSR count). The van der Waals surface area contributed by atoms with E-state index in [0.717, 1.165) is 24.3 Å². The van der Waals surface area contributed by atoms with E-state index in [2.05, 4.69) is 10.1 Å². The third-order valence-electron chi connectivity index (χ3n) is 7.51. The molecule has 1 fully saturated rings. The first-order chi connectivity index (χ1) is 22.0. The van der Waals surface area contributed by atoms with Gasteiger partial charge < -0.3 is 20.1 Å². The largest absolute Gasteiger partial charge is 0.522 e. The topological polar surface area (TPSA) is 129 Å². The van der Waals surface area contributed by atoms with Gasteiger partial charge in [-0.2, -0.15) is 18.4 Å². The minimum atomic E-state index is -4.94. The second-order valence-electron chi connectivity index (χ2n) is 10.6. The number of alkyl halides is 6. The molecule has 3 aromatic rings. The van der Waals surface area contributed by atoms with Gasteiger partial charge in [0.05, 0.1) is 59.2 Å². The predicted octanol–water partition coefficient (Wildman–Crippen LogP) is 5.40. The average molecular weight is 686 g/mol. The van der Waals surface area contributed by atoms with Crippen LogP contribution >= 0.6 is 0 Å². The van der Waals surface area contributed by atoms with Gasteiger partial charge in [0.25, 0.3) is 5.91 Å². The fraction of sp³-hybridized carbons (Fsp3) is 0.355. The highest BCUT2D eigenvalue weighted by Gasteiger charge is 2.38. The third kappa shape index (κ3) is 8.93. The van der Waals surface area contributed by atoms with E-state index in [4.69, 9.17) is 4.74 Å². The van der Waals surface area contributed by atoms with Crippen molar-refractivity contribution in [3.05, 3.63) is 89.0 Å². The third-order valence-corrected chi connectivity index (χ3v) is 9.26. The van der Waals surface area contributed by atoms with Crippen LogP contribution in [0.4, 0.5) is 32.0 Å². The zero-order valence-corrected chi connectivity index (χ0v) is 25.5. The lowest BCUT2D eigenvalue weighted by Crippen LogP contribution is -2.35. The SMILES string of the molecule is CCS(=O)(=O)c1ccc(C(CO)NC(=O)c2ccc(N3C[C@@H](Oc4ccc(C(F)(F)F)cc4)C[C@H]3COC(F)(F)F)cc2C#N)cc1. The number of aliphatic hydroxyl groups excluding tert-OH is 1. The minimum Gasteiger partial charge on any atom is -0.489 e. The maximum atomic E-state index is 13.2. The van der Waals surface area contributed by atoms with Gasteiger partial charge in [-0.25, -0.2) is 8.42 Å². The highest BCUT2D eigenvalue weighted by molar-refractivity contribution is 7.91. The Bertz CT molecular complexity index is 1710. The molecule has 0 saturated carbocycles. The molecule has 0 spiro atoms. The lowest BCUT2D eigenvalue weighted by molar-refractivity contribution is -0.325. The second-order valence-corrected chi connectivity index (χ2v) is 12.9. The summed E-state index contributed by atoms with van der Waals surface area (Å²) in [6.07, 6.45) is -10.3. The number of carbonyl (C=O) groups is 1. The summed E-state index contributed by atoms with van der Waals surface area (Å²) in [5.74, 6) is -0.788. The normalized spacial score (nSPS) is 17.6. The van der Waals surface area contributed by atoms with Crippen molar-refractivity contribution in [2.24, 2.45) is 0 Å². The van der Waals surface area contributed by atoms with Crippen molar-refractivity contribution in [1.29, 1.82) is 5.26 Å². The van der Waals surface area contributed by atoms with Gasteiger partial charge in [-0.05, 0) is 60.2 Å². The summed E-state index contributed by atoms with van der Waals surface area (Å²) >= 11 is 0. The zero-order valence-electron chi connectivity index (χ0n) is 24.7. The summed E-state index contributed by atoms with van der Waals surface area (Å²) in [7, 11) is -3.47. The summed E-state index contributed by atoms with van der Waals surface area (Å²) in [5.41, 5.74) is -0.468. The van der Waals surface area contributed by atoms with E-state index in [0.29, 0.717) is 5.56 Å². The van der Waals surface area contributed by atoms with Gasteiger partial charge >= 0.3 is 12.5 Å². The van der Waals surface area contributed by atoms with Gasteiger partial charge in [0, 0.05) is 12.1 Å². The number of nitrogens with zero attached hydrogens (tertiary/aromatic N) is 2. The fourth-order valence-corrected chi connectivity index (χ4v) is 5.97. The summed E-state index contributed by atoms with van der Waals surface area (Å²) in [5, 5.41) is 22.4. The van der Waals surface area contributed by atoms with Gasteiger partial charge in [-0.1, -0.05) is 19.1 Å². The first-order valence-electron chi connectivity index (χ1n) is 14.1. The van der Waals surface area contributed by atoms with Crippen LogP contribution < -0.4 is 15.0 Å². The number of benzene rings is 3. The molecule has 0 bridgehead atoms. The quantitative estimate of drug-likeness (QED) is 0.257. The van der Waals surface area contributed by atoms with Gasteiger partial charge in [0.1, 0.15) is 17.9 Å². The molecule has 0 aliphatic carbocycles. The lowest BCUT2D eigenvalue weighted by atomic mass is 10.0. The van der Waals surface area contributed by atoms with Gasteiger partial charge in [0.2, 0.25) is 0 Å². The lowest BCUT2D eigenvalue weighted by Gasteiger charge is -2.27. The molecule has 0 aromatic heterocycles. The van der Waals surface area contributed by atoms with Crippen LogP contribution in [0.2, 0.25) is 0 Å². The summed E-state index contributed by atoms with van der Waals surface area (Å²) in [6.45, 7) is 0.116. The monoisotopic (exact) mass is 685 g/mol. The van der Waals surface area contributed by atoms with Crippen molar-refractivity contribution < 1.29 is 54.1 Å². The van der Waals surface area contributed by atoms with Crippen LogP contribution in [0.3, 0.4) is 0 Å². The summed E-state index contributed by atoms with van der Waals surface area (Å²) in [6, 6.07) is 13.5. The second kappa shape index (κ2) is 14.2. The Morgan fingerprint density at radius 3 is 2.28 bits per heavy atom. The Morgan fingerprint density at radius 2 is 1.72 bits per heavy atom. The number of ether oxygens (including phenoxy) is 2. The molecular formula is C31H29F6N3O6S. The van der Waals surface area contributed by atoms with Crippen molar-refractivity contribution in [2.45, 2.75) is 49.0 Å². The van der Waals surface area contributed by atoms with Crippen LogP contribution in [0.25, 0.3) is 0 Å². The molecule has 47 heavy (non-hydrogen) atoms. The number of hydrogen-bond donors (Lipinski definition) is 2. The Kier molecular flexibility index (Phi) is 10.7. The van der Waals surface area contributed by atoms with Crippen molar-refractivity contribution in [1.82, 2.24) is 5.32 Å². The molecule has 1 aliphatic rings. The number of nitriles is 1. The zero-order chi connectivity index (χ0) is 34.6. The number of rotatable bonds is 11. The first kappa shape index (κ1) is 35.5. The Balaban J connectivity index is 1.53. The highest BCUT2D eigenvalue weighted by Crippen LogP contribution is 2.34. The molecule has 0 radical (unpaired) electrons. The molecule has 9 nitrogen and oxygen atoms in total. The standard InChI is InChI=1S/C31H29F6N3O6S/c1-2-47(43,44)26-10-3-19(4-11-26)28(17-41)39-29(42)27-12-7-22(13-20(27)15-38)40-16-25(14-23(40)18-45-31(35,36)37)46-24-8-5-21(6-9-24)30(32,33)34/h3-13,23,25,28,41H,2,14,16-18H2,1H3,(H,39,42)/t23-,25-,28?/m0/s1. The van der Waals surface area contributed by atoms with Crippen molar-refractivity contribution in [3.8, 4) is 11.8 Å². The maximum absolute atomic E-state index is 13.2. The van der Waals surface area contributed by atoms with E-state index in [1.807, 2.05) is 6.07 Å². The van der Waals surface area contributed by atoms with Crippen LogP contribution in [0.15, 0.2) is 71.6 Å². The number of hydrogen-bond acceptors (Lipinski definition) is 8. The number of aliphatic hydroxyl groups is 1. The van der Waals surface area contributed by atoms with Crippen LogP contribution in [0, 0.1) is 11.3 Å². The number of carbonyl (C=O) groups excluding carboxylic acids is 1. The number of nitrogens with one attached hydrogen (secondary N) is 1. The van der Waals surface area contributed by atoms with E-state index >= 15 is 0 Å². The van der Waals surface area contributed by atoms with Crippen molar-refractivity contribution >= 4 is 21.4 Å². The number of amides is 1. The molecule has 1 unspecified atom stereocenters. The van der Waals surface area contributed by atoms with Crippen LogP contribution in [0.5, 0.6) is 5.75 Å². The molecule has 1 heterocycles. The Hall–Kier alpha value is -4.33. The molecule has 252 valence electrons. The number of halogens is 6. The smallest absolute Gasteiger partial charge is 0.489 e. The molecular weight excluding hydrogens is 656 g/mol. The van der Waals surface area contributed by atoms with E-state index in [-0.39, 0.29) is 46.2 Å². The average Bonchev–Trinajstić information content (AvgIpc) is 3.44. The molecule has 3 atom stereocenters. The van der Waals surface area contributed by atoms with Crippen LogP contribution in [-0.2, 0) is 20.8 Å². The van der Waals surface area contributed by atoms with Gasteiger partial charge in [-0.15, -0.1) is 13.2 Å². The number of anilines is 1. The fourth-order valence-electron chi connectivity index (χ4n) is 5.08. The van der Waals surface area contributed by atoms with Gasteiger partial charge in [-0.3, -0.25) is 9.53 Å². The first-order valence-corrected chi connectivity index (χ1v) is 15.8. The molecule has 16 heteroatoms. The van der Waals surface area contributed by atoms with Crippen molar-refractivity contribution in [2.75, 3.05) is 30.4 Å². The molecule has 2 N–H and O–H groups in total. The Morgan fingerprint density at radius 1 is 1.06 bits per heavy atom. The highest BCUT2D eigenvalue weighted by atomic mass is 32.2. The Labute approximate surface area is 266 Å². The van der Waals surface area contributed by atoms with E-state index in [1.165, 1.54) is 54.3 Å². The van der Waals surface area contributed by atoms with E-state index in [9.17, 15) is 49.9 Å². The predicted molar refractivity (Wildman–Crippen MR) is 156 cm³/mol.